The fourth-order valence-corrected chi connectivity index (χ4v) is 2.28. The van der Waals surface area contributed by atoms with Crippen LogP contribution in [0.1, 0.15) is 32.4 Å². The Bertz CT molecular complexity index is 334. The summed E-state index contributed by atoms with van der Waals surface area (Å²) in [5.41, 5.74) is 7.41. The summed E-state index contributed by atoms with van der Waals surface area (Å²) in [6, 6.07) is 6.39. The van der Waals surface area contributed by atoms with E-state index < -0.39 is 0 Å². The molecule has 0 aromatic carbocycles. The van der Waals surface area contributed by atoms with E-state index in [1.807, 2.05) is 18.3 Å². The molecule has 0 spiro atoms. The van der Waals surface area contributed by atoms with E-state index in [9.17, 15) is 0 Å². The Morgan fingerprint density at radius 3 is 3.00 bits per heavy atom. The number of rotatable bonds is 2. The molecule has 1 unspecified atom stereocenters. The number of nitrogens with zero attached hydrogens (tertiary/aromatic N) is 2. The molecule has 1 aromatic rings. The lowest BCUT2D eigenvalue weighted by molar-refractivity contribution is 0.0574. The van der Waals surface area contributed by atoms with E-state index in [0.29, 0.717) is 6.04 Å². The van der Waals surface area contributed by atoms with Gasteiger partial charge in [-0.1, -0.05) is 6.07 Å². The SMILES string of the molecule is CC1(C)CCC(N)CN1Cc1ccccn1. The summed E-state index contributed by atoms with van der Waals surface area (Å²) in [5.74, 6) is 0. The van der Waals surface area contributed by atoms with Gasteiger partial charge in [0, 0.05) is 30.9 Å². The van der Waals surface area contributed by atoms with Crippen molar-refractivity contribution in [3.05, 3.63) is 30.1 Å². The predicted octanol–water partition coefficient (Wildman–Crippen LogP) is 1.78. The molecule has 1 aliphatic heterocycles. The standard InChI is InChI=1S/C13H21N3/c1-13(2)7-6-11(14)9-16(13)10-12-5-3-4-8-15-12/h3-5,8,11H,6-7,9-10,14H2,1-2H3. The number of piperidine rings is 1. The molecule has 3 nitrogen and oxygen atoms in total. The Morgan fingerprint density at radius 2 is 2.31 bits per heavy atom. The smallest absolute Gasteiger partial charge is 0.0544 e. The van der Waals surface area contributed by atoms with E-state index in [-0.39, 0.29) is 5.54 Å². The maximum Gasteiger partial charge on any atom is 0.0544 e. The topological polar surface area (TPSA) is 42.1 Å². The van der Waals surface area contributed by atoms with Crippen molar-refractivity contribution in [2.45, 2.75) is 44.8 Å². The molecular formula is C13H21N3. The second kappa shape index (κ2) is 4.52. The molecule has 1 aromatic heterocycles. The summed E-state index contributed by atoms with van der Waals surface area (Å²) < 4.78 is 0. The lowest BCUT2D eigenvalue weighted by Crippen LogP contribution is -2.53. The van der Waals surface area contributed by atoms with Crippen molar-refractivity contribution in [3.8, 4) is 0 Å². The van der Waals surface area contributed by atoms with E-state index in [4.69, 9.17) is 5.73 Å². The summed E-state index contributed by atoms with van der Waals surface area (Å²) in [5, 5.41) is 0. The summed E-state index contributed by atoms with van der Waals surface area (Å²) in [6.45, 7) is 6.47. The first-order chi connectivity index (χ1) is 7.58. The number of nitrogens with two attached hydrogens (primary N) is 1. The largest absolute Gasteiger partial charge is 0.327 e. The molecule has 0 radical (unpaired) electrons. The Labute approximate surface area is 97.7 Å². The molecule has 0 amide bonds. The molecule has 88 valence electrons. The van der Waals surface area contributed by atoms with Gasteiger partial charge in [-0.05, 0) is 38.8 Å². The third-order valence-electron chi connectivity index (χ3n) is 3.52. The third kappa shape index (κ3) is 2.60. The molecule has 1 aliphatic rings. The second-order valence-corrected chi connectivity index (χ2v) is 5.31. The van der Waals surface area contributed by atoms with Crippen LogP contribution in [0.25, 0.3) is 0 Å². The number of aromatic nitrogens is 1. The predicted molar refractivity (Wildman–Crippen MR) is 65.9 cm³/mol. The number of hydrogen-bond donors (Lipinski definition) is 1. The zero-order chi connectivity index (χ0) is 11.6. The quantitative estimate of drug-likeness (QED) is 0.824. The van der Waals surface area contributed by atoms with E-state index in [0.717, 1.165) is 25.2 Å². The van der Waals surface area contributed by atoms with Crippen molar-refractivity contribution in [3.63, 3.8) is 0 Å². The Hall–Kier alpha value is -0.930. The van der Waals surface area contributed by atoms with Gasteiger partial charge in [0.15, 0.2) is 0 Å². The minimum Gasteiger partial charge on any atom is -0.327 e. The van der Waals surface area contributed by atoms with Crippen molar-refractivity contribution in [1.82, 2.24) is 9.88 Å². The average molecular weight is 219 g/mol. The van der Waals surface area contributed by atoms with Gasteiger partial charge >= 0.3 is 0 Å². The van der Waals surface area contributed by atoms with Crippen LogP contribution in [0, 0.1) is 0 Å². The first-order valence-electron chi connectivity index (χ1n) is 5.98. The van der Waals surface area contributed by atoms with Crippen molar-refractivity contribution in [2.75, 3.05) is 6.54 Å². The van der Waals surface area contributed by atoms with Gasteiger partial charge in [0.2, 0.25) is 0 Å². The van der Waals surface area contributed by atoms with E-state index in [1.54, 1.807) is 0 Å². The maximum atomic E-state index is 6.04. The summed E-state index contributed by atoms with van der Waals surface area (Å²) >= 11 is 0. The Kier molecular flexibility index (Phi) is 3.26. The molecule has 0 bridgehead atoms. The maximum absolute atomic E-state index is 6.04. The third-order valence-corrected chi connectivity index (χ3v) is 3.52. The molecule has 3 heteroatoms. The Morgan fingerprint density at radius 1 is 1.50 bits per heavy atom. The van der Waals surface area contributed by atoms with Crippen molar-refractivity contribution in [2.24, 2.45) is 5.73 Å². The summed E-state index contributed by atoms with van der Waals surface area (Å²) in [7, 11) is 0. The molecule has 16 heavy (non-hydrogen) atoms. The van der Waals surface area contributed by atoms with E-state index in [2.05, 4.69) is 29.8 Å². The molecule has 0 saturated carbocycles. The summed E-state index contributed by atoms with van der Waals surface area (Å²) in [6.07, 6.45) is 4.15. The molecule has 2 rings (SSSR count). The molecule has 2 heterocycles. The van der Waals surface area contributed by atoms with E-state index in [1.165, 1.54) is 6.42 Å². The minimum atomic E-state index is 0.243. The summed E-state index contributed by atoms with van der Waals surface area (Å²) in [4.78, 5) is 6.83. The van der Waals surface area contributed by atoms with Gasteiger partial charge in [0.05, 0.1) is 5.69 Å². The van der Waals surface area contributed by atoms with Gasteiger partial charge < -0.3 is 5.73 Å². The highest BCUT2D eigenvalue weighted by Gasteiger charge is 2.32. The van der Waals surface area contributed by atoms with Crippen LogP contribution < -0.4 is 5.73 Å². The van der Waals surface area contributed by atoms with Crippen LogP contribution in [-0.2, 0) is 6.54 Å². The average Bonchev–Trinajstić information content (AvgIpc) is 2.26. The minimum absolute atomic E-state index is 0.243. The highest BCUT2D eigenvalue weighted by molar-refractivity contribution is 5.05. The van der Waals surface area contributed by atoms with E-state index >= 15 is 0 Å². The fourth-order valence-electron chi connectivity index (χ4n) is 2.28. The van der Waals surface area contributed by atoms with Crippen molar-refractivity contribution < 1.29 is 0 Å². The highest BCUT2D eigenvalue weighted by atomic mass is 15.2. The zero-order valence-corrected chi connectivity index (χ0v) is 10.2. The van der Waals surface area contributed by atoms with Gasteiger partial charge in [-0.3, -0.25) is 9.88 Å². The molecule has 1 atom stereocenters. The zero-order valence-electron chi connectivity index (χ0n) is 10.2. The van der Waals surface area contributed by atoms with Gasteiger partial charge in [0.1, 0.15) is 0 Å². The van der Waals surface area contributed by atoms with Gasteiger partial charge in [-0.2, -0.15) is 0 Å². The van der Waals surface area contributed by atoms with Gasteiger partial charge in [-0.15, -0.1) is 0 Å². The van der Waals surface area contributed by atoms with Crippen LogP contribution in [0.5, 0.6) is 0 Å². The lowest BCUT2D eigenvalue weighted by atomic mass is 9.88. The number of pyridine rings is 1. The molecular weight excluding hydrogens is 198 g/mol. The van der Waals surface area contributed by atoms with Crippen LogP contribution in [0.15, 0.2) is 24.4 Å². The Balaban J connectivity index is 2.07. The first-order valence-corrected chi connectivity index (χ1v) is 5.98. The van der Waals surface area contributed by atoms with Gasteiger partial charge in [-0.25, -0.2) is 0 Å². The fraction of sp³-hybridized carbons (Fsp3) is 0.615. The van der Waals surface area contributed by atoms with Crippen LogP contribution in [-0.4, -0.2) is 28.0 Å². The van der Waals surface area contributed by atoms with Crippen LogP contribution >= 0.6 is 0 Å². The number of likely N-dealkylation sites (tertiary alicyclic amines) is 1. The van der Waals surface area contributed by atoms with Crippen molar-refractivity contribution in [1.29, 1.82) is 0 Å². The highest BCUT2D eigenvalue weighted by Crippen LogP contribution is 2.27. The molecule has 1 saturated heterocycles. The van der Waals surface area contributed by atoms with Crippen LogP contribution in [0.4, 0.5) is 0 Å². The lowest BCUT2D eigenvalue weighted by Gasteiger charge is -2.44. The van der Waals surface area contributed by atoms with Crippen molar-refractivity contribution >= 4 is 0 Å². The molecule has 2 N–H and O–H groups in total. The number of hydrogen-bond acceptors (Lipinski definition) is 3. The van der Waals surface area contributed by atoms with Crippen LogP contribution in [0.2, 0.25) is 0 Å². The first kappa shape index (κ1) is 11.6. The normalized spacial score (nSPS) is 25.6. The second-order valence-electron chi connectivity index (χ2n) is 5.31. The monoisotopic (exact) mass is 219 g/mol. The van der Waals surface area contributed by atoms with Gasteiger partial charge in [0.25, 0.3) is 0 Å². The molecule has 1 fully saturated rings. The molecule has 0 aliphatic carbocycles. The van der Waals surface area contributed by atoms with Crippen LogP contribution in [0.3, 0.4) is 0 Å².